The number of nitrogens with zero attached hydrogens (tertiary/aromatic N) is 1. The molecule has 0 aliphatic carbocycles. The summed E-state index contributed by atoms with van der Waals surface area (Å²) >= 11 is 2.29. The smallest absolute Gasteiger partial charge is 0.308 e. The van der Waals surface area contributed by atoms with E-state index in [2.05, 4.69) is 58.8 Å². The average Bonchev–Trinajstić information content (AvgIpc) is 2.63. The molecule has 2 aliphatic heterocycles. The van der Waals surface area contributed by atoms with Crippen LogP contribution >= 0.6 is 22.6 Å². The maximum Gasteiger partial charge on any atom is 0.308 e. The first-order valence-corrected chi connectivity index (χ1v) is 7.86. The first-order chi connectivity index (χ1) is 9.08. The first kappa shape index (κ1) is 13.4. The van der Waals surface area contributed by atoms with Gasteiger partial charge in [0.1, 0.15) is 0 Å². The van der Waals surface area contributed by atoms with Crippen LogP contribution in [0.2, 0.25) is 0 Å². The van der Waals surface area contributed by atoms with E-state index in [4.69, 9.17) is 0 Å². The van der Waals surface area contributed by atoms with Crippen molar-refractivity contribution in [2.75, 3.05) is 7.05 Å². The van der Waals surface area contributed by atoms with Crippen molar-refractivity contribution >= 4 is 28.6 Å². The third kappa shape index (κ3) is 2.29. The van der Waals surface area contributed by atoms with Crippen LogP contribution < -0.4 is 0 Å². The minimum Gasteiger partial charge on any atom is -0.481 e. The molecule has 0 saturated carbocycles. The van der Waals surface area contributed by atoms with Gasteiger partial charge in [0.05, 0.1) is 5.92 Å². The van der Waals surface area contributed by atoms with Gasteiger partial charge in [-0.15, -0.1) is 0 Å². The SMILES string of the molecule is CN1C2CCC1[C@@H](C(=O)O)C(c1ccc(I)cc1)C2. The van der Waals surface area contributed by atoms with E-state index in [-0.39, 0.29) is 17.9 Å². The Hall–Kier alpha value is -0.620. The second-order valence-corrected chi connectivity index (χ2v) is 6.97. The van der Waals surface area contributed by atoms with Gasteiger partial charge < -0.3 is 5.11 Å². The third-order valence-corrected chi connectivity index (χ3v) is 5.57. The van der Waals surface area contributed by atoms with Crippen LogP contribution in [0.1, 0.15) is 30.7 Å². The fraction of sp³-hybridized carbons (Fsp3) is 0.533. The van der Waals surface area contributed by atoms with Crippen LogP contribution in [0, 0.1) is 9.49 Å². The number of rotatable bonds is 2. The molecule has 2 heterocycles. The van der Waals surface area contributed by atoms with Gasteiger partial charge in [0.15, 0.2) is 0 Å². The number of hydrogen-bond acceptors (Lipinski definition) is 2. The average molecular weight is 371 g/mol. The molecule has 1 N–H and O–H groups in total. The lowest BCUT2D eigenvalue weighted by molar-refractivity contribution is -0.146. The summed E-state index contributed by atoms with van der Waals surface area (Å²) in [6, 6.07) is 9.13. The predicted octanol–water partition coefficient (Wildman–Crippen LogP) is 2.94. The van der Waals surface area contributed by atoms with Gasteiger partial charge >= 0.3 is 5.97 Å². The lowest BCUT2D eigenvalue weighted by Crippen LogP contribution is -2.48. The quantitative estimate of drug-likeness (QED) is 0.813. The fourth-order valence-corrected chi connectivity index (χ4v) is 4.22. The molecule has 0 aromatic heterocycles. The molecule has 2 saturated heterocycles. The van der Waals surface area contributed by atoms with Crippen molar-refractivity contribution in [1.29, 1.82) is 0 Å². The van der Waals surface area contributed by atoms with Crippen molar-refractivity contribution in [3.8, 4) is 0 Å². The van der Waals surface area contributed by atoms with Crippen molar-refractivity contribution in [1.82, 2.24) is 4.90 Å². The van der Waals surface area contributed by atoms with Crippen molar-refractivity contribution < 1.29 is 9.90 Å². The topological polar surface area (TPSA) is 40.5 Å². The Labute approximate surface area is 127 Å². The second-order valence-electron chi connectivity index (χ2n) is 5.72. The van der Waals surface area contributed by atoms with E-state index in [1.807, 2.05) is 0 Å². The normalized spacial score (nSPS) is 34.4. The fourth-order valence-electron chi connectivity index (χ4n) is 3.86. The standard InChI is InChI=1S/C15H18INO2/c1-17-11-6-7-13(17)14(15(18)19)12(8-11)9-2-4-10(16)5-3-9/h2-5,11-14H,6-8H2,1H3,(H,18,19)/t11?,12?,13?,14-/m0/s1. The number of fused-ring (bicyclic) bond motifs is 2. The molecule has 0 amide bonds. The Morgan fingerprint density at radius 1 is 1.32 bits per heavy atom. The molecule has 0 spiro atoms. The minimum absolute atomic E-state index is 0.170. The Morgan fingerprint density at radius 2 is 2.00 bits per heavy atom. The predicted molar refractivity (Wildman–Crippen MR) is 82.2 cm³/mol. The molecule has 2 fully saturated rings. The molecule has 1 aromatic rings. The van der Waals surface area contributed by atoms with Crippen LogP contribution in [-0.2, 0) is 4.79 Å². The highest BCUT2D eigenvalue weighted by atomic mass is 127. The van der Waals surface area contributed by atoms with Gasteiger partial charge in [-0.1, -0.05) is 12.1 Å². The highest BCUT2D eigenvalue weighted by molar-refractivity contribution is 14.1. The maximum atomic E-state index is 11.7. The molecule has 2 aliphatic rings. The van der Waals surface area contributed by atoms with Gasteiger partial charge in [-0.05, 0) is 66.6 Å². The lowest BCUT2D eigenvalue weighted by Gasteiger charge is -2.41. The van der Waals surface area contributed by atoms with E-state index in [1.165, 1.54) is 9.13 Å². The number of carbonyl (C=O) groups is 1. The van der Waals surface area contributed by atoms with Crippen LogP contribution in [0.5, 0.6) is 0 Å². The number of aliphatic carboxylic acids is 1. The summed E-state index contributed by atoms with van der Waals surface area (Å²) in [7, 11) is 2.09. The number of halogens is 1. The molecule has 19 heavy (non-hydrogen) atoms. The largest absolute Gasteiger partial charge is 0.481 e. The van der Waals surface area contributed by atoms with Crippen LogP contribution in [0.3, 0.4) is 0 Å². The highest BCUT2D eigenvalue weighted by Crippen LogP contribution is 2.46. The Kier molecular flexibility index (Phi) is 3.55. The zero-order valence-corrected chi connectivity index (χ0v) is 13.1. The molecule has 4 atom stereocenters. The van der Waals surface area contributed by atoms with E-state index in [0.717, 1.165) is 19.3 Å². The Bertz CT molecular complexity index is 487. The molecule has 0 radical (unpaired) electrons. The van der Waals surface area contributed by atoms with Gasteiger partial charge in [0.25, 0.3) is 0 Å². The molecule has 3 rings (SSSR count). The van der Waals surface area contributed by atoms with Crippen molar-refractivity contribution in [3.05, 3.63) is 33.4 Å². The van der Waals surface area contributed by atoms with Crippen LogP contribution in [0.25, 0.3) is 0 Å². The molecular formula is C15H18INO2. The summed E-state index contributed by atoms with van der Waals surface area (Å²) in [5.41, 5.74) is 1.19. The first-order valence-electron chi connectivity index (χ1n) is 6.78. The van der Waals surface area contributed by atoms with E-state index >= 15 is 0 Å². The summed E-state index contributed by atoms with van der Waals surface area (Å²) < 4.78 is 1.20. The zero-order valence-electron chi connectivity index (χ0n) is 10.9. The molecule has 1 aromatic carbocycles. The molecule has 3 nitrogen and oxygen atoms in total. The molecule has 2 bridgehead atoms. The van der Waals surface area contributed by atoms with Crippen molar-refractivity contribution in [2.45, 2.75) is 37.3 Å². The number of carboxylic acids is 1. The summed E-state index contributed by atoms with van der Waals surface area (Å²) in [6.07, 6.45) is 3.15. The van der Waals surface area contributed by atoms with E-state index < -0.39 is 5.97 Å². The van der Waals surface area contributed by atoms with E-state index in [1.54, 1.807) is 0 Å². The van der Waals surface area contributed by atoms with Gasteiger partial charge in [-0.3, -0.25) is 9.69 Å². The monoisotopic (exact) mass is 371 g/mol. The van der Waals surface area contributed by atoms with Gasteiger partial charge in [0.2, 0.25) is 0 Å². The van der Waals surface area contributed by atoms with Crippen molar-refractivity contribution in [2.24, 2.45) is 5.92 Å². The van der Waals surface area contributed by atoms with E-state index in [9.17, 15) is 9.90 Å². The number of benzene rings is 1. The summed E-state index contributed by atoms with van der Waals surface area (Å²) in [5, 5.41) is 9.63. The van der Waals surface area contributed by atoms with Crippen molar-refractivity contribution in [3.63, 3.8) is 0 Å². The van der Waals surface area contributed by atoms with Crippen LogP contribution in [0.15, 0.2) is 24.3 Å². The summed E-state index contributed by atoms with van der Waals surface area (Å²) in [6.45, 7) is 0. The number of carboxylic acid groups (broad SMARTS) is 1. The summed E-state index contributed by atoms with van der Waals surface area (Å²) in [5.74, 6) is -0.729. The van der Waals surface area contributed by atoms with Gasteiger partial charge in [-0.25, -0.2) is 0 Å². The van der Waals surface area contributed by atoms with E-state index in [0.29, 0.717) is 6.04 Å². The molecule has 102 valence electrons. The zero-order chi connectivity index (χ0) is 13.6. The van der Waals surface area contributed by atoms with Crippen LogP contribution in [-0.4, -0.2) is 35.1 Å². The maximum absolute atomic E-state index is 11.7. The second kappa shape index (κ2) is 5.05. The number of piperidine rings is 1. The lowest BCUT2D eigenvalue weighted by atomic mass is 9.76. The highest BCUT2D eigenvalue weighted by Gasteiger charge is 2.49. The summed E-state index contributed by atoms with van der Waals surface area (Å²) in [4.78, 5) is 14.0. The molecule has 3 unspecified atom stereocenters. The minimum atomic E-state index is -0.638. The molecular weight excluding hydrogens is 353 g/mol. The number of hydrogen-bond donors (Lipinski definition) is 1. The molecule has 4 heteroatoms. The Balaban J connectivity index is 1.95. The van der Waals surface area contributed by atoms with Gasteiger partial charge in [0, 0.05) is 21.6 Å². The van der Waals surface area contributed by atoms with Crippen LogP contribution in [0.4, 0.5) is 0 Å². The van der Waals surface area contributed by atoms with Gasteiger partial charge in [-0.2, -0.15) is 0 Å². The third-order valence-electron chi connectivity index (χ3n) is 4.85. The Morgan fingerprint density at radius 3 is 2.63 bits per heavy atom.